The molecule has 1 aliphatic heterocycles. The fourth-order valence-corrected chi connectivity index (χ4v) is 3.43. The number of rotatable bonds is 4. The van der Waals surface area contributed by atoms with Gasteiger partial charge >= 0.3 is 0 Å². The molecule has 1 N–H and O–H groups in total. The highest BCUT2D eigenvalue weighted by Gasteiger charge is 2.43. The third-order valence-electron chi connectivity index (χ3n) is 4.91. The fourth-order valence-electron chi connectivity index (χ4n) is 3.43. The van der Waals surface area contributed by atoms with Crippen molar-refractivity contribution in [2.24, 2.45) is 10.4 Å². The summed E-state index contributed by atoms with van der Waals surface area (Å²) in [5.41, 5.74) is 0.528. The summed E-state index contributed by atoms with van der Waals surface area (Å²) in [6, 6.07) is 3.55. The van der Waals surface area contributed by atoms with E-state index >= 15 is 0 Å². The monoisotopic (exact) mass is 323 g/mol. The maximum atomic E-state index is 13.1. The number of likely N-dealkylation sites (tertiary alicyclic amines) is 1. The van der Waals surface area contributed by atoms with Gasteiger partial charge < -0.3 is 15.0 Å². The van der Waals surface area contributed by atoms with Crippen LogP contribution in [0.4, 0.5) is 8.78 Å². The molecule has 0 aromatic heterocycles. The van der Waals surface area contributed by atoms with Crippen molar-refractivity contribution >= 4 is 5.96 Å². The molecular weight excluding hydrogens is 300 g/mol. The maximum Gasteiger partial charge on any atom is 0.193 e. The number of aliphatic imine (C=N–C) groups is 1. The van der Waals surface area contributed by atoms with Crippen LogP contribution in [0.3, 0.4) is 0 Å². The van der Waals surface area contributed by atoms with Crippen molar-refractivity contribution in [1.29, 1.82) is 0 Å². The van der Waals surface area contributed by atoms with E-state index in [-0.39, 0.29) is 0 Å². The van der Waals surface area contributed by atoms with Crippen molar-refractivity contribution in [1.82, 2.24) is 10.2 Å². The van der Waals surface area contributed by atoms with Gasteiger partial charge in [0.25, 0.3) is 0 Å². The Balaban J connectivity index is 1.43. The molecule has 1 saturated heterocycles. The SMILES string of the molecule is CN=C(NCCOc1ccc(F)c(F)c1)N1CCC2(CCC2)C1. The van der Waals surface area contributed by atoms with Crippen LogP contribution in [0.15, 0.2) is 23.2 Å². The molecule has 0 atom stereocenters. The normalized spacial score (nSPS) is 19.8. The first kappa shape index (κ1) is 16.0. The predicted molar refractivity (Wildman–Crippen MR) is 85.7 cm³/mol. The van der Waals surface area contributed by atoms with Crippen LogP contribution in [0.2, 0.25) is 0 Å². The molecule has 126 valence electrons. The van der Waals surface area contributed by atoms with Crippen molar-refractivity contribution in [3.05, 3.63) is 29.8 Å². The highest BCUT2D eigenvalue weighted by atomic mass is 19.2. The van der Waals surface area contributed by atoms with Crippen molar-refractivity contribution in [2.75, 3.05) is 33.3 Å². The molecule has 4 nitrogen and oxygen atoms in total. The zero-order valence-electron chi connectivity index (χ0n) is 13.4. The second kappa shape index (κ2) is 6.72. The molecule has 2 fully saturated rings. The second-order valence-electron chi connectivity index (χ2n) is 6.42. The van der Waals surface area contributed by atoms with E-state index in [0.717, 1.165) is 31.2 Å². The topological polar surface area (TPSA) is 36.9 Å². The van der Waals surface area contributed by atoms with E-state index in [1.54, 1.807) is 7.05 Å². The third-order valence-corrected chi connectivity index (χ3v) is 4.91. The van der Waals surface area contributed by atoms with E-state index in [1.807, 2.05) is 0 Å². The molecule has 3 rings (SSSR count). The Bertz CT molecular complexity index is 587. The van der Waals surface area contributed by atoms with E-state index in [9.17, 15) is 8.78 Å². The van der Waals surface area contributed by atoms with Crippen LogP contribution < -0.4 is 10.1 Å². The van der Waals surface area contributed by atoms with E-state index < -0.39 is 11.6 Å². The van der Waals surface area contributed by atoms with Crippen LogP contribution in [0.25, 0.3) is 0 Å². The molecule has 1 aliphatic carbocycles. The molecule has 23 heavy (non-hydrogen) atoms. The summed E-state index contributed by atoms with van der Waals surface area (Å²) in [6.07, 6.45) is 5.26. The number of guanidine groups is 1. The molecule has 1 heterocycles. The van der Waals surface area contributed by atoms with Crippen molar-refractivity contribution < 1.29 is 13.5 Å². The Morgan fingerprint density at radius 2 is 2.13 bits per heavy atom. The minimum Gasteiger partial charge on any atom is -0.492 e. The van der Waals surface area contributed by atoms with Gasteiger partial charge in [-0.2, -0.15) is 0 Å². The Hall–Kier alpha value is -1.85. The van der Waals surface area contributed by atoms with E-state index in [4.69, 9.17) is 4.74 Å². The van der Waals surface area contributed by atoms with Gasteiger partial charge in [0.1, 0.15) is 12.4 Å². The average Bonchev–Trinajstić information content (AvgIpc) is 2.96. The van der Waals surface area contributed by atoms with Crippen LogP contribution in [0.5, 0.6) is 5.75 Å². The summed E-state index contributed by atoms with van der Waals surface area (Å²) < 4.78 is 31.4. The Kier molecular flexibility index (Phi) is 4.68. The summed E-state index contributed by atoms with van der Waals surface area (Å²) in [6.45, 7) is 3.05. The largest absolute Gasteiger partial charge is 0.492 e. The summed E-state index contributed by atoms with van der Waals surface area (Å²) in [5.74, 6) is -0.540. The molecule has 0 bridgehead atoms. The standard InChI is InChI=1S/C17H23F2N3O/c1-20-16(22-9-7-17(12-22)5-2-6-17)21-8-10-23-13-3-4-14(18)15(19)11-13/h3-4,11H,2,5-10,12H2,1H3,(H,20,21). The molecule has 0 amide bonds. The Labute approximate surface area is 135 Å². The molecule has 6 heteroatoms. The van der Waals surface area contributed by atoms with E-state index in [0.29, 0.717) is 24.3 Å². The van der Waals surface area contributed by atoms with Gasteiger partial charge in [-0.3, -0.25) is 4.99 Å². The summed E-state index contributed by atoms with van der Waals surface area (Å²) in [7, 11) is 1.78. The highest BCUT2D eigenvalue weighted by molar-refractivity contribution is 5.80. The van der Waals surface area contributed by atoms with E-state index in [2.05, 4.69) is 15.2 Å². The van der Waals surface area contributed by atoms with Crippen LogP contribution in [-0.2, 0) is 0 Å². The molecule has 1 saturated carbocycles. The van der Waals surface area contributed by atoms with Gasteiger partial charge in [0.15, 0.2) is 17.6 Å². The molecule has 1 aromatic carbocycles. The van der Waals surface area contributed by atoms with Crippen LogP contribution in [-0.4, -0.2) is 44.1 Å². The van der Waals surface area contributed by atoms with Crippen LogP contribution >= 0.6 is 0 Å². The van der Waals surface area contributed by atoms with Gasteiger partial charge in [0.05, 0.1) is 6.54 Å². The second-order valence-corrected chi connectivity index (χ2v) is 6.42. The minimum absolute atomic E-state index is 0.329. The number of hydrogen-bond donors (Lipinski definition) is 1. The summed E-state index contributed by atoms with van der Waals surface area (Å²) in [4.78, 5) is 6.63. The number of halogens is 2. The number of benzene rings is 1. The number of ether oxygens (including phenoxy) is 1. The quantitative estimate of drug-likeness (QED) is 0.526. The first-order valence-corrected chi connectivity index (χ1v) is 8.15. The number of hydrogen-bond acceptors (Lipinski definition) is 2. The first-order valence-electron chi connectivity index (χ1n) is 8.15. The smallest absolute Gasteiger partial charge is 0.193 e. The highest BCUT2D eigenvalue weighted by Crippen LogP contribution is 2.47. The lowest BCUT2D eigenvalue weighted by molar-refractivity contribution is 0.151. The van der Waals surface area contributed by atoms with Gasteiger partial charge in [0, 0.05) is 26.2 Å². The van der Waals surface area contributed by atoms with E-state index in [1.165, 1.54) is 31.7 Å². The zero-order chi connectivity index (χ0) is 16.3. The predicted octanol–water partition coefficient (Wildman–Crippen LogP) is 2.80. The lowest BCUT2D eigenvalue weighted by Gasteiger charge is -2.38. The lowest BCUT2D eigenvalue weighted by Crippen LogP contribution is -2.43. The molecular formula is C17H23F2N3O. The minimum atomic E-state index is -0.894. The van der Waals surface area contributed by atoms with Crippen molar-refractivity contribution in [2.45, 2.75) is 25.7 Å². The molecule has 0 unspecified atom stereocenters. The van der Waals surface area contributed by atoms with Gasteiger partial charge in [-0.25, -0.2) is 8.78 Å². The number of nitrogens with one attached hydrogen (secondary N) is 1. The third kappa shape index (κ3) is 3.57. The van der Waals surface area contributed by atoms with Gasteiger partial charge in [-0.1, -0.05) is 6.42 Å². The fraction of sp³-hybridized carbons (Fsp3) is 0.588. The van der Waals surface area contributed by atoms with Gasteiger partial charge in [0.2, 0.25) is 0 Å². The maximum absolute atomic E-state index is 13.1. The number of nitrogens with zero attached hydrogens (tertiary/aromatic N) is 2. The first-order chi connectivity index (χ1) is 11.1. The molecule has 0 radical (unpaired) electrons. The average molecular weight is 323 g/mol. The molecule has 2 aliphatic rings. The lowest BCUT2D eigenvalue weighted by atomic mass is 9.68. The van der Waals surface area contributed by atoms with Crippen LogP contribution in [0, 0.1) is 17.0 Å². The zero-order valence-corrected chi connectivity index (χ0v) is 13.4. The molecule has 1 spiro atoms. The summed E-state index contributed by atoms with van der Waals surface area (Å²) >= 11 is 0. The van der Waals surface area contributed by atoms with Crippen molar-refractivity contribution in [3.8, 4) is 5.75 Å². The van der Waals surface area contributed by atoms with Gasteiger partial charge in [-0.15, -0.1) is 0 Å². The van der Waals surface area contributed by atoms with Crippen molar-refractivity contribution in [3.63, 3.8) is 0 Å². The van der Waals surface area contributed by atoms with Gasteiger partial charge in [-0.05, 0) is 36.8 Å². The van der Waals surface area contributed by atoms with Crippen LogP contribution in [0.1, 0.15) is 25.7 Å². The summed E-state index contributed by atoms with van der Waals surface area (Å²) in [5, 5.41) is 3.28. The Morgan fingerprint density at radius 1 is 1.30 bits per heavy atom. The Morgan fingerprint density at radius 3 is 2.74 bits per heavy atom. The molecule has 1 aromatic rings.